The Labute approximate surface area is 195 Å². The number of aromatic amines is 1. The molecule has 4 rings (SSSR count). The molecule has 0 spiro atoms. The molecular formula is C22H28N6O2S2. The number of hydrogen-bond acceptors (Lipinski definition) is 8. The predicted octanol–water partition coefficient (Wildman–Crippen LogP) is 3.01. The van der Waals surface area contributed by atoms with E-state index in [-0.39, 0.29) is 16.7 Å². The van der Waals surface area contributed by atoms with Gasteiger partial charge in [0.2, 0.25) is 5.91 Å². The molecule has 0 bridgehead atoms. The van der Waals surface area contributed by atoms with Crippen LogP contribution < -0.4 is 15.8 Å². The lowest BCUT2D eigenvalue weighted by Crippen LogP contribution is -2.44. The summed E-state index contributed by atoms with van der Waals surface area (Å²) in [5.74, 6) is 1.88. The van der Waals surface area contributed by atoms with Crippen molar-refractivity contribution in [3.05, 3.63) is 44.9 Å². The number of aromatic nitrogens is 3. The van der Waals surface area contributed by atoms with E-state index in [1.165, 1.54) is 23.1 Å². The molecule has 32 heavy (non-hydrogen) atoms. The minimum absolute atomic E-state index is 0.101. The van der Waals surface area contributed by atoms with Crippen LogP contribution in [0.25, 0.3) is 10.2 Å². The van der Waals surface area contributed by atoms with Crippen LogP contribution in [0.3, 0.4) is 0 Å². The van der Waals surface area contributed by atoms with E-state index >= 15 is 0 Å². The molecule has 1 atom stereocenters. The van der Waals surface area contributed by atoms with Crippen LogP contribution >= 0.6 is 23.1 Å². The lowest BCUT2D eigenvalue weighted by molar-refractivity contribution is -0.115. The quantitative estimate of drug-likeness (QED) is 0.569. The number of nitrogens with one attached hydrogen (secondary N) is 2. The zero-order valence-corrected chi connectivity index (χ0v) is 20.4. The first kappa shape index (κ1) is 22.8. The highest BCUT2D eigenvalue weighted by molar-refractivity contribution is 7.99. The summed E-state index contributed by atoms with van der Waals surface area (Å²) in [6.07, 6.45) is 1.71. The third-order valence-corrected chi connectivity index (χ3v) is 8.03. The van der Waals surface area contributed by atoms with Gasteiger partial charge >= 0.3 is 0 Å². The van der Waals surface area contributed by atoms with E-state index in [1.807, 2.05) is 32.9 Å². The van der Waals surface area contributed by atoms with Crippen LogP contribution in [-0.4, -0.2) is 64.2 Å². The van der Waals surface area contributed by atoms with Gasteiger partial charge in [-0.2, -0.15) is 0 Å². The Kier molecular flexibility index (Phi) is 6.82. The molecule has 1 saturated heterocycles. The topological polar surface area (TPSA) is 94.2 Å². The molecule has 4 heterocycles. The number of H-pyrrole nitrogens is 1. The monoisotopic (exact) mass is 472 g/mol. The number of carbonyl (C=O) groups excluding carboxylic acids is 1. The van der Waals surface area contributed by atoms with Crippen LogP contribution in [0.15, 0.2) is 23.1 Å². The molecule has 1 fully saturated rings. The number of anilines is 2. The van der Waals surface area contributed by atoms with Crippen molar-refractivity contribution < 1.29 is 4.79 Å². The van der Waals surface area contributed by atoms with E-state index in [0.717, 1.165) is 47.3 Å². The van der Waals surface area contributed by atoms with Gasteiger partial charge in [0.05, 0.1) is 28.3 Å². The van der Waals surface area contributed by atoms with Gasteiger partial charge in [-0.3, -0.25) is 9.59 Å². The van der Waals surface area contributed by atoms with Gasteiger partial charge in [-0.25, -0.2) is 9.97 Å². The summed E-state index contributed by atoms with van der Waals surface area (Å²) < 4.78 is 0. The summed E-state index contributed by atoms with van der Waals surface area (Å²) in [6, 6.07) is 3.85. The Morgan fingerprint density at radius 3 is 2.72 bits per heavy atom. The average Bonchev–Trinajstić information content (AvgIpc) is 3.07. The fraction of sp³-hybridized carbons (Fsp3) is 0.455. The van der Waals surface area contributed by atoms with E-state index in [1.54, 1.807) is 6.20 Å². The standard InChI is InChI=1S/C22H28N6O2S2/c1-13-14(2)32-22-19(13)21(30)25-17(26-22)12-31-15(3)20(29)24-16-5-6-18(23-11-16)28-9-7-27(4)8-10-28/h5-6,11,15H,7-10,12H2,1-4H3,(H,24,29)(H,25,26,30). The Morgan fingerprint density at radius 2 is 2.03 bits per heavy atom. The van der Waals surface area contributed by atoms with Crippen molar-refractivity contribution in [3.63, 3.8) is 0 Å². The number of thiophene rings is 1. The first-order chi connectivity index (χ1) is 15.3. The Hall–Kier alpha value is -2.43. The van der Waals surface area contributed by atoms with E-state index < -0.39 is 0 Å². The number of likely N-dealkylation sites (N-methyl/N-ethyl adjacent to an activating group) is 1. The van der Waals surface area contributed by atoms with Gasteiger partial charge in [-0.05, 0) is 45.5 Å². The smallest absolute Gasteiger partial charge is 0.259 e. The van der Waals surface area contributed by atoms with Crippen LogP contribution in [0.2, 0.25) is 0 Å². The van der Waals surface area contributed by atoms with Crippen LogP contribution in [0, 0.1) is 13.8 Å². The molecule has 0 saturated carbocycles. The second kappa shape index (κ2) is 9.60. The normalized spacial score (nSPS) is 15.8. The summed E-state index contributed by atoms with van der Waals surface area (Å²) >= 11 is 2.97. The fourth-order valence-corrected chi connectivity index (χ4v) is 5.38. The first-order valence-corrected chi connectivity index (χ1v) is 12.5. The first-order valence-electron chi connectivity index (χ1n) is 10.6. The zero-order valence-electron chi connectivity index (χ0n) is 18.8. The number of nitrogens with zero attached hydrogens (tertiary/aromatic N) is 4. The van der Waals surface area contributed by atoms with E-state index in [4.69, 9.17) is 0 Å². The number of aryl methyl sites for hydroxylation is 2. The van der Waals surface area contributed by atoms with Gasteiger partial charge in [0.1, 0.15) is 16.5 Å². The maximum Gasteiger partial charge on any atom is 0.259 e. The zero-order chi connectivity index (χ0) is 22.8. The molecule has 2 N–H and O–H groups in total. The second-order valence-corrected chi connectivity index (χ2v) is 10.6. The van der Waals surface area contributed by atoms with Gasteiger partial charge in [0.15, 0.2) is 0 Å². The van der Waals surface area contributed by atoms with Crippen molar-refractivity contribution >= 4 is 50.7 Å². The van der Waals surface area contributed by atoms with Crippen molar-refractivity contribution in [3.8, 4) is 0 Å². The number of amides is 1. The lowest BCUT2D eigenvalue weighted by Gasteiger charge is -2.33. The highest BCUT2D eigenvalue weighted by Crippen LogP contribution is 2.26. The molecule has 0 aliphatic carbocycles. The number of rotatable bonds is 6. The SMILES string of the molecule is Cc1sc2nc(CSC(C)C(=O)Nc3ccc(N4CCN(C)CC4)nc3)[nH]c(=O)c2c1C. The number of pyridine rings is 1. The number of carbonyl (C=O) groups is 1. The Morgan fingerprint density at radius 1 is 1.28 bits per heavy atom. The second-order valence-electron chi connectivity index (χ2n) is 8.11. The molecule has 10 heteroatoms. The maximum absolute atomic E-state index is 12.6. The van der Waals surface area contributed by atoms with Crippen LogP contribution in [-0.2, 0) is 10.5 Å². The van der Waals surface area contributed by atoms with E-state index in [2.05, 4.69) is 37.1 Å². The molecule has 1 unspecified atom stereocenters. The summed E-state index contributed by atoms with van der Waals surface area (Å²) in [6.45, 7) is 9.74. The van der Waals surface area contributed by atoms with Crippen molar-refractivity contribution in [1.82, 2.24) is 19.9 Å². The molecule has 0 aromatic carbocycles. The van der Waals surface area contributed by atoms with Crippen molar-refractivity contribution in [2.24, 2.45) is 0 Å². The van der Waals surface area contributed by atoms with E-state index in [0.29, 0.717) is 22.7 Å². The molecule has 3 aromatic heterocycles. The molecule has 1 amide bonds. The van der Waals surface area contributed by atoms with Gasteiger partial charge in [0.25, 0.3) is 5.56 Å². The van der Waals surface area contributed by atoms with Gasteiger partial charge in [-0.15, -0.1) is 23.1 Å². The average molecular weight is 473 g/mol. The number of fused-ring (bicyclic) bond motifs is 1. The molecule has 170 valence electrons. The minimum atomic E-state index is -0.305. The highest BCUT2D eigenvalue weighted by atomic mass is 32.2. The third-order valence-electron chi connectivity index (χ3n) is 5.77. The van der Waals surface area contributed by atoms with Gasteiger partial charge in [-0.1, -0.05) is 0 Å². The molecule has 8 nitrogen and oxygen atoms in total. The molecule has 3 aromatic rings. The lowest BCUT2D eigenvalue weighted by atomic mass is 10.2. The molecular weight excluding hydrogens is 444 g/mol. The van der Waals surface area contributed by atoms with Crippen LogP contribution in [0.1, 0.15) is 23.2 Å². The third kappa shape index (κ3) is 4.97. The molecule has 1 aliphatic rings. The van der Waals surface area contributed by atoms with Crippen molar-refractivity contribution in [2.45, 2.75) is 31.8 Å². The van der Waals surface area contributed by atoms with Crippen LogP contribution in [0.4, 0.5) is 11.5 Å². The minimum Gasteiger partial charge on any atom is -0.354 e. The summed E-state index contributed by atoms with van der Waals surface area (Å²) in [5, 5.41) is 3.29. The predicted molar refractivity (Wildman–Crippen MR) is 133 cm³/mol. The maximum atomic E-state index is 12.6. The summed E-state index contributed by atoms with van der Waals surface area (Å²) in [5.41, 5.74) is 1.55. The van der Waals surface area contributed by atoms with Gasteiger partial charge < -0.3 is 20.1 Å². The van der Waals surface area contributed by atoms with E-state index in [9.17, 15) is 9.59 Å². The number of piperazine rings is 1. The van der Waals surface area contributed by atoms with Gasteiger partial charge in [0, 0.05) is 31.1 Å². The Balaban J connectivity index is 1.33. The van der Waals surface area contributed by atoms with Crippen molar-refractivity contribution in [1.29, 1.82) is 0 Å². The summed E-state index contributed by atoms with van der Waals surface area (Å²) in [7, 11) is 2.12. The highest BCUT2D eigenvalue weighted by Gasteiger charge is 2.18. The number of hydrogen-bond donors (Lipinski definition) is 2. The van der Waals surface area contributed by atoms with Crippen LogP contribution in [0.5, 0.6) is 0 Å². The fourth-order valence-electron chi connectivity index (χ4n) is 3.57. The largest absolute Gasteiger partial charge is 0.354 e. The van der Waals surface area contributed by atoms with Crippen molar-refractivity contribution in [2.75, 3.05) is 43.4 Å². The molecule has 1 aliphatic heterocycles. The molecule has 0 radical (unpaired) electrons. The number of thioether (sulfide) groups is 1. The Bertz CT molecular complexity index is 1170. The summed E-state index contributed by atoms with van der Waals surface area (Å²) in [4.78, 5) is 43.4.